The molecule has 2 aliphatic rings. The van der Waals surface area contributed by atoms with Crippen molar-refractivity contribution in [2.45, 2.75) is 18.8 Å². The highest BCUT2D eigenvalue weighted by molar-refractivity contribution is 5.94. The Hall–Kier alpha value is -2.93. The molecular formula is C22H25N5O2. The lowest BCUT2D eigenvalue weighted by Crippen LogP contribution is -2.39. The van der Waals surface area contributed by atoms with Crippen LogP contribution < -0.4 is 4.90 Å². The van der Waals surface area contributed by atoms with Crippen LogP contribution in [0.2, 0.25) is 0 Å². The van der Waals surface area contributed by atoms with Crippen LogP contribution >= 0.6 is 0 Å². The number of hydrogen-bond donors (Lipinski definition) is 1. The molecule has 5 rings (SSSR count). The molecule has 0 spiro atoms. The predicted molar refractivity (Wildman–Crippen MR) is 111 cm³/mol. The average Bonchev–Trinajstić information content (AvgIpc) is 3.24. The maximum absolute atomic E-state index is 13.1. The minimum atomic E-state index is 0.0480. The Labute approximate surface area is 169 Å². The van der Waals surface area contributed by atoms with Gasteiger partial charge in [-0.05, 0) is 37.1 Å². The topological polar surface area (TPSA) is 74.4 Å². The summed E-state index contributed by atoms with van der Waals surface area (Å²) in [5.74, 6) is 2.17. The van der Waals surface area contributed by atoms with Gasteiger partial charge in [0.15, 0.2) is 0 Å². The van der Waals surface area contributed by atoms with E-state index in [-0.39, 0.29) is 11.8 Å². The smallest absolute Gasteiger partial charge is 0.255 e. The molecule has 0 aliphatic carbocycles. The molecule has 2 fully saturated rings. The molecule has 4 heterocycles. The summed E-state index contributed by atoms with van der Waals surface area (Å²) >= 11 is 0. The van der Waals surface area contributed by atoms with Gasteiger partial charge in [-0.1, -0.05) is 12.1 Å². The van der Waals surface area contributed by atoms with Crippen LogP contribution in [0.25, 0.3) is 11.0 Å². The number of morpholine rings is 1. The first-order valence-electron chi connectivity index (χ1n) is 10.3. The molecule has 2 saturated heterocycles. The van der Waals surface area contributed by atoms with Crippen molar-refractivity contribution in [1.82, 2.24) is 19.9 Å². The molecular weight excluding hydrogens is 366 g/mol. The number of pyridine rings is 1. The number of nitrogens with one attached hydrogen (secondary N) is 1. The number of benzene rings is 1. The lowest BCUT2D eigenvalue weighted by Gasteiger charge is -2.32. The van der Waals surface area contributed by atoms with Crippen LogP contribution in [0.5, 0.6) is 0 Å². The number of imidazole rings is 1. The third-order valence-electron chi connectivity index (χ3n) is 5.83. The van der Waals surface area contributed by atoms with E-state index in [9.17, 15) is 4.79 Å². The van der Waals surface area contributed by atoms with Gasteiger partial charge in [0.05, 0.1) is 29.8 Å². The van der Waals surface area contributed by atoms with Crippen molar-refractivity contribution in [1.29, 1.82) is 0 Å². The summed E-state index contributed by atoms with van der Waals surface area (Å²) in [5, 5.41) is 0. The van der Waals surface area contributed by atoms with Gasteiger partial charge in [0.1, 0.15) is 11.6 Å². The second-order valence-electron chi connectivity index (χ2n) is 7.73. The highest BCUT2D eigenvalue weighted by Gasteiger charge is 2.27. The quantitative estimate of drug-likeness (QED) is 0.743. The van der Waals surface area contributed by atoms with Gasteiger partial charge in [0, 0.05) is 38.3 Å². The zero-order chi connectivity index (χ0) is 19.6. The Morgan fingerprint density at radius 3 is 2.76 bits per heavy atom. The normalized spacial score (nSPS) is 20.2. The average molecular weight is 391 g/mol. The Kier molecular flexibility index (Phi) is 4.89. The molecule has 150 valence electrons. The fraction of sp³-hybridized carbons (Fsp3) is 0.409. The van der Waals surface area contributed by atoms with E-state index in [4.69, 9.17) is 9.72 Å². The number of anilines is 1. The van der Waals surface area contributed by atoms with Crippen LogP contribution in [-0.4, -0.2) is 65.2 Å². The van der Waals surface area contributed by atoms with Crippen LogP contribution in [-0.2, 0) is 4.74 Å². The zero-order valence-electron chi connectivity index (χ0n) is 16.4. The van der Waals surface area contributed by atoms with Crippen LogP contribution in [0.15, 0.2) is 42.6 Å². The van der Waals surface area contributed by atoms with Gasteiger partial charge in [-0.25, -0.2) is 9.97 Å². The SMILES string of the molecule is O=C(c1ccc(N2CCOCC2)nc1)N1CCCC(c2nc3ccccc3[nH]2)C1. The molecule has 3 aromatic rings. The largest absolute Gasteiger partial charge is 0.378 e. The number of carbonyl (C=O) groups excluding carboxylic acids is 1. The zero-order valence-corrected chi connectivity index (χ0v) is 16.4. The molecule has 1 N–H and O–H groups in total. The van der Waals surface area contributed by atoms with Crippen molar-refractivity contribution in [3.63, 3.8) is 0 Å². The number of fused-ring (bicyclic) bond motifs is 1. The van der Waals surface area contributed by atoms with Gasteiger partial charge < -0.3 is 19.5 Å². The predicted octanol–water partition coefficient (Wildman–Crippen LogP) is 2.81. The third-order valence-corrected chi connectivity index (χ3v) is 5.83. The summed E-state index contributed by atoms with van der Waals surface area (Å²) < 4.78 is 5.39. The van der Waals surface area contributed by atoms with Gasteiger partial charge in [-0.2, -0.15) is 0 Å². The number of aromatic amines is 1. The highest BCUT2D eigenvalue weighted by atomic mass is 16.5. The first-order valence-corrected chi connectivity index (χ1v) is 10.3. The summed E-state index contributed by atoms with van der Waals surface area (Å²) in [6.45, 7) is 4.58. The van der Waals surface area contributed by atoms with E-state index in [1.165, 1.54) is 0 Å². The second-order valence-corrected chi connectivity index (χ2v) is 7.73. The number of ether oxygens (including phenoxy) is 1. The van der Waals surface area contributed by atoms with E-state index in [1.807, 2.05) is 41.3 Å². The van der Waals surface area contributed by atoms with Gasteiger partial charge in [-0.3, -0.25) is 4.79 Å². The van der Waals surface area contributed by atoms with Crippen LogP contribution in [0.4, 0.5) is 5.82 Å². The number of H-pyrrole nitrogens is 1. The molecule has 1 aromatic carbocycles. The summed E-state index contributed by atoms with van der Waals surface area (Å²) in [4.78, 5) is 29.9. The van der Waals surface area contributed by atoms with Crippen molar-refractivity contribution in [3.05, 3.63) is 54.0 Å². The number of likely N-dealkylation sites (tertiary alicyclic amines) is 1. The van der Waals surface area contributed by atoms with Gasteiger partial charge in [0.25, 0.3) is 5.91 Å². The molecule has 0 radical (unpaired) electrons. The van der Waals surface area contributed by atoms with Crippen LogP contribution in [0.3, 0.4) is 0 Å². The van der Waals surface area contributed by atoms with E-state index in [0.717, 1.165) is 68.4 Å². The molecule has 7 nitrogen and oxygen atoms in total. The molecule has 1 unspecified atom stereocenters. The molecule has 1 atom stereocenters. The van der Waals surface area contributed by atoms with E-state index >= 15 is 0 Å². The summed E-state index contributed by atoms with van der Waals surface area (Å²) in [6, 6.07) is 11.9. The van der Waals surface area contributed by atoms with E-state index in [0.29, 0.717) is 12.1 Å². The minimum absolute atomic E-state index is 0.0480. The maximum Gasteiger partial charge on any atom is 0.255 e. The summed E-state index contributed by atoms with van der Waals surface area (Å²) in [6.07, 6.45) is 3.72. The van der Waals surface area contributed by atoms with Crippen molar-refractivity contribution in [2.75, 3.05) is 44.3 Å². The van der Waals surface area contributed by atoms with Crippen molar-refractivity contribution in [2.24, 2.45) is 0 Å². The maximum atomic E-state index is 13.1. The molecule has 7 heteroatoms. The minimum Gasteiger partial charge on any atom is -0.378 e. The van der Waals surface area contributed by atoms with Crippen molar-refractivity contribution >= 4 is 22.8 Å². The first kappa shape index (κ1) is 18.1. The monoisotopic (exact) mass is 391 g/mol. The highest BCUT2D eigenvalue weighted by Crippen LogP contribution is 2.27. The van der Waals surface area contributed by atoms with Gasteiger partial charge in [0.2, 0.25) is 0 Å². The molecule has 29 heavy (non-hydrogen) atoms. The Morgan fingerprint density at radius 1 is 1.10 bits per heavy atom. The van der Waals surface area contributed by atoms with Gasteiger partial charge in [-0.15, -0.1) is 0 Å². The lowest BCUT2D eigenvalue weighted by atomic mass is 9.97. The number of amides is 1. The number of carbonyl (C=O) groups is 1. The number of nitrogens with zero attached hydrogens (tertiary/aromatic N) is 4. The summed E-state index contributed by atoms with van der Waals surface area (Å²) in [7, 11) is 0. The van der Waals surface area contributed by atoms with Crippen molar-refractivity contribution in [3.8, 4) is 0 Å². The molecule has 0 bridgehead atoms. The van der Waals surface area contributed by atoms with Crippen LogP contribution in [0.1, 0.15) is 34.9 Å². The standard InChI is InChI=1S/C22H25N5O2/c28-22(16-7-8-20(23-14-16)26-10-12-29-13-11-26)27-9-3-4-17(15-27)21-24-18-5-1-2-6-19(18)25-21/h1-2,5-8,14,17H,3-4,9-13,15H2,(H,24,25). The van der Waals surface area contributed by atoms with E-state index < -0.39 is 0 Å². The van der Waals surface area contributed by atoms with Crippen LogP contribution in [0, 0.1) is 0 Å². The number of rotatable bonds is 3. The Morgan fingerprint density at radius 2 is 1.97 bits per heavy atom. The molecule has 2 aromatic heterocycles. The fourth-order valence-corrected chi connectivity index (χ4v) is 4.23. The molecule has 0 saturated carbocycles. The second kappa shape index (κ2) is 7.83. The third kappa shape index (κ3) is 3.70. The Balaban J connectivity index is 1.29. The molecule has 2 aliphatic heterocycles. The Bertz CT molecular complexity index is 961. The summed E-state index contributed by atoms with van der Waals surface area (Å²) in [5.41, 5.74) is 2.68. The number of piperidine rings is 1. The first-order chi connectivity index (χ1) is 14.3. The van der Waals surface area contributed by atoms with E-state index in [2.05, 4.69) is 14.9 Å². The van der Waals surface area contributed by atoms with Gasteiger partial charge >= 0.3 is 0 Å². The molecule has 1 amide bonds. The number of para-hydroxylation sites is 2. The lowest BCUT2D eigenvalue weighted by molar-refractivity contribution is 0.0704. The number of hydrogen-bond acceptors (Lipinski definition) is 5. The number of aromatic nitrogens is 3. The van der Waals surface area contributed by atoms with Crippen molar-refractivity contribution < 1.29 is 9.53 Å². The fourth-order valence-electron chi connectivity index (χ4n) is 4.23. The van der Waals surface area contributed by atoms with E-state index in [1.54, 1.807) is 6.20 Å².